The van der Waals surface area contributed by atoms with E-state index in [2.05, 4.69) is 5.32 Å². The molecule has 0 bridgehead atoms. The van der Waals surface area contributed by atoms with Crippen LogP contribution in [-0.4, -0.2) is 36.6 Å². The maximum absolute atomic E-state index is 11.0. The van der Waals surface area contributed by atoms with Crippen molar-refractivity contribution in [3.05, 3.63) is 0 Å². The summed E-state index contributed by atoms with van der Waals surface area (Å²) in [4.78, 5) is 12.7. The van der Waals surface area contributed by atoms with E-state index < -0.39 is 0 Å². The highest BCUT2D eigenvalue weighted by Crippen LogP contribution is 2.20. The molecule has 0 aromatic heterocycles. The van der Waals surface area contributed by atoms with Crippen LogP contribution in [0.15, 0.2) is 0 Å². The van der Waals surface area contributed by atoms with E-state index in [9.17, 15) is 4.79 Å². The molecule has 0 saturated carbocycles. The first-order valence-corrected chi connectivity index (χ1v) is 3.87. The molecule has 0 radical (unpaired) electrons. The number of nitrogens with one attached hydrogen (secondary N) is 1. The summed E-state index contributed by atoms with van der Waals surface area (Å²) >= 11 is 0. The van der Waals surface area contributed by atoms with Crippen LogP contribution in [0.5, 0.6) is 0 Å². The molecule has 1 heterocycles. The van der Waals surface area contributed by atoms with Crippen LogP contribution in [0.25, 0.3) is 0 Å². The number of hydrogen-bond acceptors (Lipinski definition) is 2. The molecule has 4 nitrogen and oxygen atoms in total. The Bertz CT molecular complexity index is 163. The summed E-state index contributed by atoms with van der Waals surface area (Å²) in [7, 11) is 1.63. The topological polar surface area (TPSA) is 58.4 Å². The number of carbonyl (C=O) groups excluding carboxylic acids is 1. The lowest BCUT2D eigenvalue weighted by atomic mass is 9.89. The van der Waals surface area contributed by atoms with Gasteiger partial charge < -0.3 is 16.0 Å². The van der Waals surface area contributed by atoms with Gasteiger partial charge in [-0.05, 0) is 6.42 Å². The van der Waals surface area contributed by atoms with Gasteiger partial charge in [0.2, 0.25) is 0 Å². The molecular weight excluding hydrogens is 142 g/mol. The molecular formula is C7H15N3O. The zero-order valence-electron chi connectivity index (χ0n) is 7.05. The number of urea groups is 1. The quantitative estimate of drug-likeness (QED) is 0.551. The van der Waals surface area contributed by atoms with Crippen molar-refractivity contribution in [2.45, 2.75) is 18.9 Å². The lowest BCUT2D eigenvalue weighted by Gasteiger charge is -2.46. The monoisotopic (exact) mass is 157 g/mol. The molecule has 3 N–H and O–H groups in total. The number of likely N-dealkylation sites (tertiary alicyclic amines) is 1. The van der Waals surface area contributed by atoms with E-state index in [1.165, 1.54) is 0 Å². The third-order valence-corrected chi connectivity index (χ3v) is 2.22. The van der Waals surface area contributed by atoms with Crippen molar-refractivity contribution in [2.24, 2.45) is 5.73 Å². The molecule has 0 spiro atoms. The van der Waals surface area contributed by atoms with Gasteiger partial charge in [-0.15, -0.1) is 0 Å². The van der Waals surface area contributed by atoms with Gasteiger partial charge in [0.15, 0.2) is 0 Å². The maximum atomic E-state index is 11.0. The highest BCUT2D eigenvalue weighted by molar-refractivity contribution is 5.75. The molecule has 4 heteroatoms. The second-order valence-electron chi connectivity index (χ2n) is 3.13. The average Bonchev–Trinajstić information content (AvgIpc) is 1.97. The van der Waals surface area contributed by atoms with Gasteiger partial charge in [0.05, 0.1) is 5.54 Å². The van der Waals surface area contributed by atoms with E-state index in [0.29, 0.717) is 13.1 Å². The van der Waals surface area contributed by atoms with Crippen LogP contribution in [0.1, 0.15) is 13.3 Å². The van der Waals surface area contributed by atoms with Crippen molar-refractivity contribution in [1.82, 2.24) is 10.2 Å². The summed E-state index contributed by atoms with van der Waals surface area (Å²) in [5.74, 6) is 0. The van der Waals surface area contributed by atoms with E-state index in [1.807, 2.05) is 6.92 Å². The molecule has 0 aromatic rings. The highest BCUT2D eigenvalue weighted by Gasteiger charge is 2.39. The molecule has 1 fully saturated rings. The molecule has 0 unspecified atom stereocenters. The second-order valence-corrected chi connectivity index (χ2v) is 3.13. The molecule has 11 heavy (non-hydrogen) atoms. The third kappa shape index (κ3) is 1.45. The number of nitrogens with two attached hydrogens (primary N) is 1. The summed E-state index contributed by atoms with van der Waals surface area (Å²) < 4.78 is 0. The molecule has 64 valence electrons. The fourth-order valence-electron chi connectivity index (χ4n) is 1.24. The Hall–Kier alpha value is -0.770. The predicted octanol–water partition coefficient (Wildman–Crippen LogP) is -0.251. The first-order valence-electron chi connectivity index (χ1n) is 3.87. The number of amides is 2. The first-order chi connectivity index (χ1) is 5.11. The average molecular weight is 157 g/mol. The standard InChI is InChI=1S/C7H15N3O/c1-3-7(8)4-10(5-7)6(11)9-2/h3-5,8H2,1-2H3,(H,9,11). The predicted molar refractivity (Wildman–Crippen MR) is 43.2 cm³/mol. The van der Waals surface area contributed by atoms with Gasteiger partial charge in [0, 0.05) is 20.1 Å². The Labute approximate surface area is 66.7 Å². The van der Waals surface area contributed by atoms with Gasteiger partial charge in [-0.2, -0.15) is 0 Å². The van der Waals surface area contributed by atoms with E-state index in [-0.39, 0.29) is 11.6 Å². The Morgan fingerprint density at radius 1 is 1.73 bits per heavy atom. The van der Waals surface area contributed by atoms with Crippen LogP contribution in [0.2, 0.25) is 0 Å². The minimum Gasteiger partial charge on any atom is -0.341 e. The van der Waals surface area contributed by atoms with Crippen molar-refractivity contribution in [3.8, 4) is 0 Å². The smallest absolute Gasteiger partial charge is 0.317 e. The minimum absolute atomic E-state index is 0.0282. The molecule has 0 aromatic carbocycles. The Morgan fingerprint density at radius 3 is 2.64 bits per heavy atom. The second kappa shape index (κ2) is 2.70. The van der Waals surface area contributed by atoms with E-state index in [0.717, 1.165) is 6.42 Å². The Kier molecular flexibility index (Phi) is 2.04. The van der Waals surface area contributed by atoms with E-state index in [1.54, 1.807) is 11.9 Å². The molecule has 0 aliphatic carbocycles. The highest BCUT2D eigenvalue weighted by atomic mass is 16.2. The fourth-order valence-corrected chi connectivity index (χ4v) is 1.24. The van der Waals surface area contributed by atoms with Crippen molar-refractivity contribution < 1.29 is 4.79 Å². The lowest BCUT2D eigenvalue weighted by molar-refractivity contribution is 0.0949. The number of nitrogens with zero attached hydrogens (tertiary/aromatic N) is 1. The SMILES string of the molecule is CCC1(N)CN(C(=O)NC)C1. The summed E-state index contributed by atoms with van der Waals surface area (Å²) in [6.45, 7) is 3.41. The lowest BCUT2D eigenvalue weighted by Crippen LogP contribution is -2.69. The molecule has 0 atom stereocenters. The molecule has 1 aliphatic heterocycles. The largest absolute Gasteiger partial charge is 0.341 e. The number of hydrogen-bond donors (Lipinski definition) is 2. The molecule has 1 rings (SSSR count). The Balaban J connectivity index is 2.34. The third-order valence-electron chi connectivity index (χ3n) is 2.22. The van der Waals surface area contributed by atoms with Gasteiger partial charge >= 0.3 is 6.03 Å². The zero-order valence-corrected chi connectivity index (χ0v) is 7.05. The summed E-state index contributed by atoms with van der Waals surface area (Å²) in [5, 5.41) is 2.56. The first kappa shape index (κ1) is 8.33. The van der Waals surface area contributed by atoms with Gasteiger partial charge in [-0.25, -0.2) is 4.79 Å². The zero-order chi connectivity index (χ0) is 8.48. The number of carbonyl (C=O) groups is 1. The summed E-state index contributed by atoms with van der Waals surface area (Å²) in [6, 6.07) is -0.0282. The van der Waals surface area contributed by atoms with Crippen LogP contribution < -0.4 is 11.1 Å². The maximum Gasteiger partial charge on any atom is 0.317 e. The van der Waals surface area contributed by atoms with Crippen molar-refractivity contribution in [3.63, 3.8) is 0 Å². The van der Waals surface area contributed by atoms with Crippen LogP contribution in [0.4, 0.5) is 4.79 Å². The summed E-state index contributed by atoms with van der Waals surface area (Å²) in [5.41, 5.74) is 5.74. The molecule has 1 saturated heterocycles. The van der Waals surface area contributed by atoms with Crippen molar-refractivity contribution in [2.75, 3.05) is 20.1 Å². The fraction of sp³-hybridized carbons (Fsp3) is 0.857. The normalized spacial score (nSPS) is 20.8. The van der Waals surface area contributed by atoms with Crippen LogP contribution in [0.3, 0.4) is 0 Å². The summed E-state index contributed by atoms with van der Waals surface area (Å²) in [6.07, 6.45) is 0.931. The van der Waals surface area contributed by atoms with Gasteiger partial charge in [-0.3, -0.25) is 0 Å². The van der Waals surface area contributed by atoms with Crippen LogP contribution >= 0.6 is 0 Å². The van der Waals surface area contributed by atoms with Crippen molar-refractivity contribution in [1.29, 1.82) is 0 Å². The number of rotatable bonds is 1. The molecule has 2 amide bonds. The molecule has 1 aliphatic rings. The van der Waals surface area contributed by atoms with E-state index in [4.69, 9.17) is 5.73 Å². The Morgan fingerprint density at radius 2 is 2.27 bits per heavy atom. The van der Waals surface area contributed by atoms with Gasteiger partial charge in [0.25, 0.3) is 0 Å². The van der Waals surface area contributed by atoms with Crippen LogP contribution in [-0.2, 0) is 0 Å². The van der Waals surface area contributed by atoms with E-state index >= 15 is 0 Å². The van der Waals surface area contributed by atoms with Gasteiger partial charge in [-0.1, -0.05) is 6.92 Å². The minimum atomic E-state index is -0.119. The van der Waals surface area contributed by atoms with Gasteiger partial charge in [0.1, 0.15) is 0 Å². The van der Waals surface area contributed by atoms with Crippen LogP contribution in [0, 0.1) is 0 Å². The van der Waals surface area contributed by atoms with Crippen molar-refractivity contribution >= 4 is 6.03 Å².